The second kappa shape index (κ2) is 4.48. The highest BCUT2D eigenvalue weighted by atomic mass is 16.1. The molecule has 1 rings (SSSR count). The third-order valence-corrected chi connectivity index (χ3v) is 2.86. The average molecular weight is 169 g/mol. The van der Waals surface area contributed by atoms with Crippen LogP contribution in [-0.2, 0) is 4.79 Å². The number of amides is 1. The molecule has 2 heteroatoms. The summed E-state index contributed by atoms with van der Waals surface area (Å²) in [4.78, 5) is 11.3. The van der Waals surface area contributed by atoms with Gasteiger partial charge < -0.3 is 5.32 Å². The molecule has 1 saturated carbocycles. The van der Waals surface area contributed by atoms with Gasteiger partial charge in [-0.1, -0.05) is 19.8 Å². The van der Waals surface area contributed by atoms with Gasteiger partial charge in [0.05, 0.1) is 0 Å². The summed E-state index contributed by atoms with van der Waals surface area (Å²) in [5.74, 6) is 1.37. The maximum atomic E-state index is 11.3. The first-order valence-electron chi connectivity index (χ1n) is 4.99. The number of hydrogen-bond donors (Lipinski definition) is 1. The predicted molar refractivity (Wildman–Crippen MR) is 49.8 cm³/mol. The van der Waals surface area contributed by atoms with Crippen LogP contribution in [0.25, 0.3) is 0 Å². The van der Waals surface area contributed by atoms with Crippen LogP contribution >= 0.6 is 0 Å². The lowest BCUT2D eigenvalue weighted by Crippen LogP contribution is -2.25. The van der Waals surface area contributed by atoms with Gasteiger partial charge in [0.25, 0.3) is 0 Å². The van der Waals surface area contributed by atoms with Gasteiger partial charge in [0.1, 0.15) is 0 Å². The monoisotopic (exact) mass is 169 g/mol. The third-order valence-electron chi connectivity index (χ3n) is 2.86. The minimum atomic E-state index is 0.244. The Morgan fingerprint density at radius 1 is 1.50 bits per heavy atom. The second-order valence-corrected chi connectivity index (χ2v) is 3.78. The largest absolute Gasteiger partial charge is 0.359 e. The summed E-state index contributed by atoms with van der Waals surface area (Å²) in [5.41, 5.74) is 0. The van der Waals surface area contributed by atoms with E-state index in [9.17, 15) is 4.79 Å². The minimum absolute atomic E-state index is 0.244. The molecule has 2 atom stereocenters. The summed E-state index contributed by atoms with van der Waals surface area (Å²) in [6.45, 7) is 2.22. The Bertz CT molecular complexity index is 156. The number of nitrogens with one attached hydrogen (secondary N) is 1. The van der Waals surface area contributed by atoms with Crippen molar-refractivity contribution >= 4 is 5.91 Å². The first-order chi connectivity index (χ1) is 5.77. The minimum Gasteiger partial charge on any atom is -0.359 e. The number of rotatable bonds is 3. The highest BCUT2D eigenvalue weighted by Crippen LogP contribution is 2.33. The fraction of sp³-hybridized carbons (Fsp3) is 0.900. The molecule has 1 aliphatic carbocycles. The Morgan fingerprint density at radius 2 is 2.25 bits per heavy atom. The van der Waals surface area contributed by atoms with E-state index in [0.717, 1.165) is 18.8 Å². The summed E-state index contributed by atoms with van der Waals surface area (Å²) in [6.07, 6.45) is 6.03. The van der Waals surface area contributed by atoms with Crippen LogP contribution in [0.1, 0.15) is 39.0 Å². The van der Waals surface area contributed by atoms with Crippen molar-refractivity contribution in [2.75, 3.05) is 7.05 Å². The van der Waals surface area contributed by atoms with Crippen molar-refractivity contribution < 1.29 is 4.79 Å². The van der Waals surface area contributed by atoms with Crippen molar-refractivity contribution in [3.8, 4) is 0 Å². The van der Waals surface area contributed by atoms with Crippen LogP contribution in [0.4, 0.5) is 0 Å². The van der Waals surface area contributed by atoms with Crippen molar-refractivity contribution in [2.24, 2.45) is 11.8 Å². The topological polar surface area (TPSA) is 29.1 Å². The molecule has 0 spiro atoms. The molecule has 1 amide bonds. The van der Waals surface area contributed by atoms with Crippen LogP contribution < -0.4 is 5.32 Å². The fourth-order valence-electron chi connectivity index (χ4n) is 2.19. The molecule has 0 aromatic rings. The quantitative estimate of drug-likeness (QED) is 0.687. The SMILES string of the molecule is CCCC1CCC(C(=O)NC)C1. The van der Waals surface area contributed by atoms with Crippen LogP contribution in [0, 0.1) is 11.8 Å². The van der Waals surface area contributed by atoms with E-state index >= 15 is 0 Å². The standard InChI is InChI=1S/C10H19NO/c1-3-4-8-5-6-9(7-8)10(12)11-2/h8-9H,3-7H2,1-2H3,(H,11,12). The van der Waals surface area contributed by atoms with Crippen LogP contribution in [0.2, 0.25) is 0 Å². The molecule has 0 aromatic heterocycles. The van der Waals surface area contributed by atoms with Gasteiger partial charge in [0, 0.05) is 13.0 Å². The molecule has 1 aliphatic rings. The molecule has 2 nitrogen and oxygen atoms in total. The Kier molecular flexibility index (Phi) is 3.57. The number of carbonyl (C=O) groups is 1. The Balaban J connectivity index is 2.30. The normalized spacial score (nSPS) is 28.8. The lowest BCUT2D eigenvalue weighted by atomic mass is 10.00. The van der Waals surface area contributed by atoms with Crippen LogP contribution in [0.3, 0.4) is 0 Å². The van der Waals surface area contributed by atoms with Gasteiger partial charge in [-0.2, -0.15) is 0 Å². The first-order valence-corrected chi connectivity index (χ1v) is 4.99. The van der Waals surface area contributed by atoms with E-state index in [1.807, 2.05) is 0 Å². The number of hydrogen-bond acceptors (Lipinski definition) is 1. The average Bonchev–Trinajstić information content (AvgIpc) is 2.52. The zero-order chi connectivity index (χ0) is 8.97. The fourth-order valence-corrected chi connectivity index (χ4v) is 2.19. The Morgan fingerprint density at radius 3 is 2.83 bits per heavy atom. The van der Waals surface area contributed by atoms with Gasteiger partial charge >= 0.3 is 0 Å². The molecule has 0 radical (unpaired) electrons. The van der Waals surface area contributed by atoms with E-state index in [2.05, 4.69) is 12.2 Å². The third kappa shape index (κ3) is 2.23. The summed E-state index contributed by atoms with van der Waals surface area (Å²) in [6, 6.07) is 0. The van der Waals surface area contributed by atoms with Crippen LogP contribution in [0.5, 0.6) is 0 Å². The van der Waals surface area contributed by atoms with Gasteiger partial charge in [-0.25, -0.2) is 0 Å². The highest BCUT2D eigenvalue weighted by molar-refractivity contribution is 5.78. The summed E-state index contributed by atoms with van der Waals surface area (Å²) in [7, 11) is 1.73. The summed E-state index contributed by atoms with van der Waals surface area (Å²) < 4.78 is 0. The van der Waals surface area contributed by atoms with Gasteiger partial charge in [0.15, 0.2) is 0 Å². The van der Waals surface area contributed by atoms with E-state index in [1.165, 1.54) is 19.3 Å². The van der Waals surface area contributed by atoms with Gasteiger partial charge in [-0.15, -0.1) is 0 Å². The van der Waals surface area contributed by atoms with Crippen LogP contribution in [0.15, 0.2) is 0 Å². The van der Waals surface area contributed by atoms with Crippen LogP contribution in [-0.4, -0.2) is 13.0 Å². The molecule has 1 N–H and O–H groups in total. The highest BCUT2D eigenvalue weighted by Gasteiger charge is 2.28. The zero-order valence-electron chi connectivity index (χ0n) is 8.10. The lowest BCUT2D eigenvalue weighted by Gasteiger charge is -2.08. The zero-order valence-corrected chi connectivity index (χ0v) is 8.10. The van der Waals surface area contributed by atoms with Crippen molar-refractivity contribution in [3.63, 3.8) is 0 Å². The van der Waals surface area contributed by atoms with Gasteiger partial charge in [-0.3, -0.25) is 4.79 Å². The maximum absolute atomic E-state index is 11.3. The molecule has 1 fully saturated rings. The van der Waals surface area contributed by atoms with Crippen molar-refractivity contribution in [2.45, 2.75) is 39.0 Å². The summed E-state index contributed by atoms with van der Waals surface area (Å²) in [5, 5.41) is 2.73. The van der Waals surface area contributed by atoms with E-state index < -0.39 is 0 Å². The molecule has 0 aromatic carbocycles. The maximum Gasteiger partial charge on any atom is 0.222 e. The summed E-state index contributed by atoms with van der Waals surface area (Å²) >= 11 is 0. The lowest BCUT2D eigenvalue weighted by molar-refractivity contribution is -0.124. The molecule has 0 heterocycles. The number of carbonyl (C=O) groups excluding carboxylic acids is 1. The molecule has 0 saturated heterocycles. The predicted octanol–water partition coefficient (Wildman–Crippen LogP) is 1.95. The molecule has 0 bridgehead atoms. The first kappa shape index (κ1) is 9.56. The molecular weight excluding hydrogens is 150 g/mol. The van der Waals surface area contributed by atoms with Crippen molar-refractivity contribution in [3.05, 3.63) is 0 Å². The van der Waals surface area contributed by atoms with E-state index in [4.69, 9.17) is 0 Å². The van der Waals surface area contributed by atoms with E-state index in [0.29, 0.717) is 5.92 Å². The van der Waals surface area contributed by atoms with Gasteiger partial charge in [-0.05, 0) is 25.2 Å². The Hall–Kier alpha value is -0.530. The van der Waals surface area contributed by atoms with E-state index in [1.54, 1.807) is 7.05 Å². The molecule has 70 valence electrons. The molecule has 2 unspecified atom stereocenters. The van der Waals surface area contributed by atoms with Gasteiger partial charge in [0.2, 0.25) is 5.91 Å². The van der Waals surface area contributed by atoms with E-state index in [-0.39, 0.29) is 5.91 Å². The van der Waals surface area contributed by atoms with Crippen molar-refractivity contribution in [1.82, 2.24) is 5.32 Å². The second-order valence-electron chi connectivity index (χ2n) is 3.78. The molecule has 12 heavy (non-hydrogen) atoms. The smallest absolute Gasteiger partial charge is 0.222 e. The molecular formula is C10H19NO. The van der Waals surface area contributed by atoms with Crippen molar-refractivity contribution in [1.29, 1.82) is 0 Å². The molecule has 0 aliphatic heterocycles. The Labute approximate surface area is 74.7 Å².